The molecule has 2 heterocycles. The summed E-state index contributed by atoms with van der Waals surface area (Å²) in [5, 5.41) is 3.74. The molecule has 0 fully saturated rings. The summed E-state index contributed by atoms with van der Waals surface area (Å²) in [6.45, 7) is 13.9. The second-order valence-electron chi connectivity index (χ2n) is 9.94. The molecule has 0 radical (unpaired) electrons. The van der Waals surface area contributed by atoms with Crippen LogP contribution >= 0.6 is 0 Å². The molecule has 2 nitrogen and oxygen atoms in total. The van der Waals surface area contributed by atoms with Crippen LogP contribution in [0.1, 0.15) is 76.0 Å². The van der Waals surface area contributed by atoms with E-state index in [1.54, 1.807) is 0 Å². The highest BCUT2D eigenvalue weighted by atomic mass is 15.0. The van der Waals surface area contributed by atoms with Crippen molar-refractivity contribution in [3.05, 3.63) is 83.7 Å². The van der Waals surface area contributed by atoms with E-state index in [1.165, 1.54) is 49.5 Å². The van der Waals surface area contributed by atoms with E-state index in [-0.39, 0.29) is 0 Å². The summed E-state index contributed by atoms with van der Waals surface area (Å²) in [6, 6.07) is 20.5. The summed E-state index contributed by atoms with van der Waals surface area (Å²) in [4.78, 5) is 4.64. The molecule has 0 aliphatic carbocycles. The lowest BCUT2D eigenvalue weighted by molar-refractivity contribution is 0.807. The average molecular weight is 421 g/mol. The van der Waals surface area contributed by atoms with E-state index < -0.39 is 0 Å². The summed E-state index contributed by atoms with van der Waals surface area (Å²) in [5.74, 6) is 1.45. The third-order valence-electron chi connectivity index (χ3n) is 6.78. The zero-order valence-electron chi connectivity index (χ0n) is 20.0. The van der Waals surface area contributed by atoms with Crippen molar-refractivity contribution in [1.82, 2.24) is 9.38 Å². The van der Waals surface area contributed by atoms with Gasteiger partial charge in [-0.1, -0.05) is 84.0 Å². The van der Waals surface area contributed by atoms with E-state index in [0.29, 0.717) is 17.8 Å². The monoisotopic (exact) mass is 420 g/mol. The van der Waals surface area contributed by atoms with Crippen molar-refractivity contribution in [2.24, 2.45) is 0 Å². The van der Waals surface area contributed by atoms with Crippen molar-refractivity contribution >= 4 is 27.3 Å². The van der Waals surface area contributed by atoms with E-state index in [4.69, 9.17) is 0 Å². The Morgan fingerprint density at radius 1 is 0.688 bits per heavy atom. The number of fused-ring (bicyclic) bond motifs is 6. The van der Waals surface area contributed by atoms with Crippen LogP contribution in [0.2, 0.25) is 0 Å². The van der Waals surface area contributed by atoms with Gasteiger partial charge in [0.05, 0.1) is 5.52 Å². The van der Waals surface area contributed by atoms with Crippen molar-refractivity contribution in [2.75, 3.05) is 0 Å². The van der Waals surface area contributed by atoms with Crippen LogP contribution in [0.25, 0.3) is 38.4 Å². The Balaban J connectivity index is 1.88. The van der Waals surface area contributed by atoms with Crippen LogP contribution in [0.15, 0.2) is 67.0 Å². The number of rotatable bonds is 4. The first kappa shape index (κ1) is 20.8. The molecule has 0 atom stereocenters. The molecule has 2 aromatic heterocycles. The molecule has 2 heteroatoms. The van der Waals surface area contributed by atoms with Gasteiger partial charge in [-0.2, -0.15) is 0 Å². The quantitative estimate of drug-likeness (QED) is 0.266. The largest absolute Gasteiger partial charge is 0.299 e. The topological polar surface area (TPSA) is 17.3 Å². The Bertz CT molecular complexity index is 1420. The SMILES string of the molecule is CC(C)c1cc(C(C)C)c(-c2ccc3c(c2)c2ccccc2c2nccn32)c(C(C)C)c1. The number of hydrogen-bond donors (Lipinski definition) is 0. The Hall–Kier alpha value is -3.13. The maximum atomic E-state index is 4.64. The summed E-state index contributed by atoms with van der Waals surface area (Å²) >= 11 is 0. The molecule has 0 amide bonds. The van der Waals surface area contributed by atoms with Gasteiger partial charge in [-0.25, -0.2) is 4.98 Å². The van der Waals surface area contributed by atoms with Gasteiger partial charge >= 0.3 is 0 Å². The van der Waals surface area contributed by atoms with E-state index in [9.17, 15) is 0 Å². The van der Waals surface area contributed by atoms with Gasteiger partial charge < -0.3 is 0 Å². The fourth-order valence-corrected chi connectivity index (χ4v) is 5.02. The molecule has 0 unspecified atom stereocenters. The summed E-state index contributed by atoms with van der Waals surface area (Å²) in [6.07, 6.45) is 3.97. The highest BCUT2D eigenvalue weighted by Gasteiger charge is 2.19. The molecule has 5 aromatic rings. The summed E-state index contributed by atoms with van der Waals surface area (Å²) in [7, 11) is 0. The Morgan fingerprint density at radius 2 is 1.34 bits per heavy atom. The minimum Gasteiger partial charge on any atom is -0.299 e. The molecular weight excluding hydrogens is 388 g/mol. The molecule has 32 heavy (non-hydrogen) atoms. The van der Waals surface area contributed by atoms with Crippen LogP contribution in [0.4, 0.5) is 0 Å². The molecule has 0 aliphatic heterocycles. The van der Waals surface area contributed by atoms with Gasteiger partial charge in [0.15, 0.2) is 0 Å². The molecule has 0 bridgehead atoms. The average Bonchev–Trinajstić information content (AvgIpc) is 3.28. The van der Waals surface area contributed by atoms with Crippen molar-refractivity contribution in [2.45, 2.75) is 59.3 Å². The first-order valence-corrected chi connectivity index (χ1v) is 11.8. The van der Waals surface area contributed by atoms with Crippen LogP contribution in [0.3, 0.4) is 0 Å². The minimum absolute atomic E-state index is 0.463. The normalized spacial score (nSPS) is 12.3. The second kappa shape index (κ2) is 7.78. The molecular formula is C30H32N2. The van der Waals surface area contributed by atoms with Crippen LogP contribution in [0.5, 0.6) is 0 Å². The zero-order valence-corrected chi connectivity index (χ0v) is 20.0. The molecule has 5 rings (SSSR count). The summed E-state index contributed by atoms with van der Waals surface area (Å²) in [5.41, 5.74) is 9.29. The standard InChI is InChI=1S/C30H32N2/c1-18(2)22-16-25(19(3)4)29(26(17-22)20(5)6)21-11-12-28-27(15-21)23-9-7-8-10-24(23)30-31-13-14-32(28)30/h7-20H,1-6H3. The Morgan fingerprint density at radius 3 is 1.97 bits per heavy atom. The van der Waals surface area contributed by atoms with E-state index in [1.807, 2.05) is 6.20 Å². The number of benzene rings is 3. The van der Waals surface area contributed by atoms with Gasteiger partial charge in [-0.05, 0) is 63.1 Å². The highest BCUT2D eigenvalue weighted by Crippen LogP contribution is 2.40. The molecule has 0 saturated heterocycles. The predicted molar refractivity (Wildman–Crippen MR) is 138 cm³/mol. The van der Waals surface area contributed by atoms with E-state index in [2.05, 4.69) is 112 Å². The maximum absolute atomic E-state index is 4.64. The fourth-order valence-electron chi connectivity index (χ4n) is 5.02. The van der Waals surface area contributed by atoms with Crippen molar-refractivity contribution < 1.29 is 0 Å². The van der Waals surface area contributed by atoms with Gasteiger partial charge in [-0.15, -0.1) is 0 Å². The smallest absolute Gasteiger partial charge is 0.145 e. The predicted octanol–water partition coefficient (Wildman–Crippen LogP) is 8.68. The number of nitrogens with zero attached hydrogens (tertiary/aromatic N) is 2. The van der Waals surface area contributed by atoms with Gasteiger partial charge in [-0.3, -0.25) is 4.40 Å². The van der Waals surface area contributed by atoms with Crippen molar-refractivity contribution in [1.29, 1.82) is 0 Å². The maximum Gasteiger partial charge on any atom is 0.145 e. The first-order chi connectivity index (χ1) is 15.4. The number of hydrogen-bond acceptors (Lipinski definition) is 1. The number of imidazole rings is 1. The third-order valence-corrected chi connectivity index (χ3v) is 6.78. The lowest BCUT2D eigenvalue weighted by atomic mass is 9.81. The summed E-state index contributed by atoms with van der Waals surface area (Å²) < 4.78 is 2.22. The molecule has 0 aliphatic rings. The van der Waals surface area contributed by atoms with Crippen molar-refractivity contribution in [3.8, 4) is 11.1 Å². The second-order valence-corrected chi connectivity index (χ2v) is 9.94. The van der Waals surface area contributed by atoms with Gasteiger partial charge in [0.1, 0.15) is 5.65 Å². The number of pyridine rings is 1. The van der Waals surface area contributed by atoms with Crippen LogP contribution in [-0.4, -0.2) is 9.38 Å². The van der Waals surface area contributed by atoms with Gasteiger partial charge in [0.25, 0.3) is 0 Å². The number of aromatic nitrogens is 2. The van der Waals surface area contributed by atoms with Gasteiger partial charge in [0, 0.05) is 23.2 Å². The fraction of sp³-hybridized carbons (Fsp3) is 0.300. The van der Waals surface area contributed by atoms with E-state index >= 15 is 0 Å². The lowest BCUT2D eigenvalue weighted by Gasteiger charge is -2.23. The molecule has 0 spiro atoms. The molecule has 0 N–H and O–H groups in total. The highest BCUT2D eigenvalue weighted by molar-refractivity contribution is 6.12. The van der Waals surface area contributed by atoms with Gasteiger partial charge in [0.2, 0.25) is 0 Å². The zero-order chi connectivity index (χ0) is 22.6. The third kappa shape index (κ3) is 3.21. The van der Waals surface area contributed by atoms with Crippen molar-refractivity contribution in [3.63, 3.8) is 0 Å². The first-order valence-electron chi connectivity index (χ1n) is 11.8. The molecule has 3 aromatic carbocycles. The van der Waals surface area contributed by atoms with Crippen LogP contribution < -0.4 is 0 Å². The van der Waals surface area contributed by atoms with Crippen LogP contribution in [-0.2, 0) is 0 Å². The molecule has 162 valence electrons. The Kier molecular flexibility index (Phi) is 5.04. The molecule has 0 saturated carbocycles. The minimum atomic E-state index is 0.463. The Labute approximate surface area is 190 Å². The van der Waals surface area contributed by atoms with Crippen LogP contribution in [0, 0.1) is 0 Å². The lowest BCUT2D eigenvalue weighted by Crippen LogP contribution is -2.04. The van der Waals surface area contributed by atoms with E-state index in [0.717, 1.165) is 5.65 Å².